The quantitative estimate of drug-likeness (QED) is 0.591. The van der Waals surface area contributed by atoms with E-state index in [2.05, 4.69) is 18.8 Å². The van der Waals surface area contributed by atoms with Gasteiger partial charge in [-0.05, 0) is 6.42 Å². The normalized spacial score (nSPS) is 9.33. The van der Waals surface area contributed by atoms with Crippen molar-refractivity contribution in [2.24, 2.45) is 0 Å². The van der Waals surface area contributed by atoms with Crippen LogP contribution in [0.25, 0.3) is 0 Å². The Morgan fingerprint density at radius 2 is 1.61 bits per heavy atom. The minimum absolute atomic E-state index is 0.676. The van der Waals surface area contributed by atoms with E-state index < -0.39 is 0 Å². The molecule has 0 aliphatic heterocycles. The molecule has 0 amide bonds. The lowest BCUT2D eigenvalue weighted by Crippen LogP contribution is -1.95. The van der Waals surface area contributed by atoms with E-state index >= 15 is 0 Å². The highest BCUT2D eigenvalue weighted by Crippen LogP contribution is 2.33. The molecular weight excluding hydrogens is 228 g/mol. The molecule has 0 aliphatic carbocycles. The van der Waals surface area contributed by atoms with Gasteiger partial charge in [-0.2, -0.15) is 0 Å². The highest BCUT2D eigenvalue weighted by Gasteiger charge is 2.10. The Morgan fingerprint density at radius 1 is 1.00 bits per heavy atom. The summed E-state index contributed by atoms with van der Waals surface area (Å²) in [5.74, 6) is 8.30. The summed E-state index contributed by atoms with van der Waals surface area (Å²) in [4.78, 5) is 0. The summed E-state index contributed by atoms with van der Waals surface area (Å²) in [5.41, 5.74) is 0.775. The van der Waals surface area contributed by atoms with Gasteiger partial charge >= 0.3 is 0 Å². The van der Waals surface area contributed by atoms with Gasteiger partial charge in [0.1, 0.15) is 22.8 Å². The van der Waals surface area contributed by atoms with Gasteiger partial charge in [-0.25, -0.2) is 0 Å². The highest BCUT2D eigenvalue weighted by molar-refractivity contribution is 5.58. The molecule has 0 aromatic heterocycles. The molecule has 1 aromatic carbocycles. The van der Waals surface area contributed by atoms with Crippen molar-refractivity contribution in [3.8, 4) is 29.1 Å². The maximum atomic E-state index is 5.32. The summed E-state index contributed by atoms with van der Waals surface area (Å²) < 4.78 is 15.8. The van der Waals surface area contributed by atoms with Crippen molar-refractivity contribution < 1.29 is 14.2 Å². The van der Waals surface area contributed by atoms with Crippen LogP contribution >= 0.6 is 0 Å². The first-order valence-electron chi connectivity index (χ1n) is 6.05. The lowest BCUT2D eigenvalue weighted by molar-refractivity contribution is 0.374. The van der Waals surface area contributed by atoms with E-state index in [0.717, 1.165) is 24.8 Å². The molecule has 0 heterocycles. The maximum Gasteiger partial charge on any atom is 0.141 e. The van der Waals surface area contributed by atoms with Crippen molar-refractivity contribution in [3.63, 3.8) is 0 Å². The summed E-state index contributed by atoms with van der Waals surface area (Å²) in [6.07, 6.45) is 3.13. The zero-order chi connectivity index (χ0) is 13.4. The van der Waals surface area contributed by atoms with Crippen LogP contribution in [0.4, 0.5) is 0 Å². The van der Waals surface area contributed by atoms with Crippen LogP contribution in [0.1, 0.15) is 31.7 Å². The second-order valence-electron chi connectivity index (χ2n) is 3.81. The summed E-state index contributed by atoms with van der Waals surface area (Å²) in [5, 5.41) is 0. The molecule has 0 spiro atoms. The van der Waals surface area contributed by atoms with E-state index in [0.29, 0.717) is 17.2 Å². The zero-order valence-electron chi connectivity index (χ0n) is 11.5. The van der Waals surface area contributed by atoms with Gasteiger partial charge in [0, 0.05) is 18.6 Å². The molecule has 0 unspecified atom stereocenters. The maximum absolute atomic E-state index is 5.32. The van der Waals surface area contributed by atoms with E-state index in [4.69, 9.17) is 14.2 Å². The van der Waals surface area contributed by atoms with Gasteiger partial charge in [0.25, 0.3) is 0 Å². The van der Waals surface area contributed by atoms with Crippen LogP contribution < -0.4 is 14.2 Å². The Balaban J connectivity index is 3.09. The molecule has 0 N–H and O–H groups in total. The number of ether oxygens (including phenoxy) is 3. The molecule has 18 heavy (non-hydrogen) atoms. The predicted molar refractivity (Wildman–Crippen MR) is 72.5 cm³/mol. The second-order valence-corrected chi connectivity index (χ2v) is 3.81. The van der Waals surface area contributed by atoms with Crippen molar-refractivity contribution >= 4 is 0 Å². The smallest absolute Gasteiger partial charge is 0.141 e. The van der Waals surface area contributed by atoms with E-state index in [-0.39, 0.29) is 0 Å². The monoisotopic (exact) mass is 248 g/mol. The zero-order valence-corrected chi connectivity index (χ0v) is 11.5. The first-order valence-corrected chi connectivity index (χ1v) is 6.05. The van der Waals surface area contributed by atoms with Crippen molar-refractivity contribution in [2.45, 2.75) is 26.2 Å². The molecule has 1 rings (SSSR count). The van der Waals surface area contributed by atoms with Crippen molar-refractivity contribution in [1.29, 1.82) is 0 Å². The van der Waals surface area contributed by atoms with E-state index in [1.54, 1.807) is 21.3 Å². The third-order valence-electron chi connectivity index (χ3n) is 2.58. The van der Waals surface area contributed by atoms with Crippen molar-refractivity contribution in [1.82, 2.24) is 0 Å². The van der Waals surface area contributed by atoms with Gasteiger partial charge in [-0.3, -0.25) is 0 Å². The molecule has 3 heteroatoms. The van der Waals surface area contributed by atoms with Crippen LogP contribution in [0.3, 0.4) is 0 Å². The molecule has 0 aliphatic rings. The Hall–Kier alpha value is -1.82. The number of hydrogen-bond acceptors (Lipinski definition) is 3. The topological polar surface area (TPSA) is 27.7 Å². The fraction of sp³-hybridized carbons (Fsp3) is 0.467. The molecule has 3 nitrogen and oxygen atoms in total. The van der Waals surface area contributed by atoms with Gasteiger partial charge in [0.2, 0.25) is 0 Å². The van der Waals surface area contributed by atoms with Crippen molar-refractivity contribution in [3.05, 3.63) is 17.7 Å². The number of methoxy groups -OCH3 is 3. The molecule has 0 atom stereocenters. The Bertz CT molecular complexity index is 416. The average Bonchev–Trinajstić information content (AvgIpc) is 2.42. The fourth-order valence-corrected chi connectivity index (χ4v) is 1.54. The van der Waals surface area contributed by atoms with Crippen LogP contribution in [0, 0.1) is 11.8 Å². The molecular formula is C15H20O3. The lowest BCUT2D eigenvalue weighted by atomic mass is 10.1. The SMILES string of the molecule is CCCCC#Cc1c(OC)cc(OC)cc1OC. The van der Waals surface area contributed by atoms with Crippen LogP contribution in [0.2, 0.25) is 0 Å². The van der Waals surface area contributed by atoms with Crippen LogP contribution in [-0.4, -0.2) is 21.3 Å². The first kappa shape index (κ1) is 14.2. The first-order chi connectivity index (χ1) is 8.76. The van der Waals surface area contributed by atoms with E-state index in [9.17, 15) is 0 Å². The molecule has 0 bridgehead atoms. The molecule has 1 aromatic rings. The van der Waals surface area contributed by atoms with Crippen LogP contribution in [-0.2, 0) is 0 Å². The second kappa shape index (κ2) is 7.50. The van der Waals surface area contributed by atoms with Gasteiger partial charge in [-0.15, -0.1) is 0 Å². The molecule has 98 valence electrons. The summed E-state index contributed by atoms with van der Waals surface area (Å²) in [6.45, 7) is 2.15. The molecule has 0 saturated carbocycles. The number of rotatable bonds is 5. The van der Waals surface area contributed by atoms with Crippen LogP contribution in [0.5, 0.6) is 17.2 Å². The molecule has 0 radical (unpaired) electrons. The number of unbranched alkanes of at least 4 members (excludes halogenated alkanes) is 2. The Labute approximate surface area is 109 Å². The lowest BCUT2D eigenvalue weighted by Gasteiger charge is -2.11. The predicted octanol–water partition coefficient (Wildman–Crippen LogP) is 3.25. The summed E-state index contributed by atoms with van der Waals surface area (Å²) in [7, 11) is 4.84. The summed E-state index contributed by atoms with van der Waals surface area (Å²) in [6, 6.07) is 3.62. The minimum atomic E-state index is 0.676. The van der Waals surface area contributed by atoms with Gasteiger partial charge < -0.3 is 14.2 Å². The van der Waals surface area contributed by atoms with E-state index in [1.165, 1.54) is 0 Å². The third kappa shape index (κ3) is 3.59. The van der Waals surface area contributed by atoms with Gasteiger partial charge in [0.05, 0.1) is 21.3 Å². The third-order valence-corrected chi connectivity index (χ3v) is 2.58. The minimum Gasteiger partial charge on any atom is -0.496 e. The van der Waals surface area contributed by atoms with Crippen LogP contribution in [0.15, 0.2) is 12.1 Å². The van der Waals surface area contributed by atoms with Crippen molar-refractivity contribution in [2.75, 3.05) is 21.3 Å². The van der Waals surface area contributed by atoms with E-state index in [1.807, 2.05) is 12.1 Å². The number of hydrogen-bond donors (Lipinski definition) is 0. The molecule has 0 fully saturated rings. The Morgan fingerprint density at radius 3 is 2.06 bits per heavy atom. The standard InChI is InChI=1S/C15H20O3/c1-5-6-7-8-9-13-14(17-3)10-12(16-2)11-15(13)18-4/h10-11H,5-7H2,1-4H3. The molecule has 0 saturated heterocycles. The Kier molecular flexibility index (Phi) is 5.93. The fourth-order valence-electron chi connectivity index (χ4n) is 1.54. The van der Waals surface area contributed by atoms with Gasteiger partial charge in [0.15, 0.2) is 0 Å². The number of benzene rings is 1. The summed E-state index contributed by atoms with van der Waals surface area (Å²) >= 11 is 0. The average molecular weight is 248 g/mol. The largest absolute Gasteiger partial charge is 0.496 e. The highest BCUT2D eigenvalue weighted by atomic mass is 16.5. The van der Waals surface area contributed by atoms with Gasteiger partial charge in [-0.1, -0.05) is 25.2 Å².